The van der Waals surface area contributed by atoms with Gasteiger partial charge in [-0.2, -0.15) is 4.31 Å². The van der Waals surface area contributed by atoms with Crippen LogP contribution in [0.1, 0.15) is 13.8 Å². The highest BCUT2D eigenvalue weighted by Gasteiger charge is 2.28. The number of aromatic amines is 2. The lowest BCUT2D eigenvalue weighted by atomic mass is 10.2. The van der Waals surface area contributed by atoms with Gasteiger partial charge in [0.05, 0.1) is 15.9 Å². The summed E-state index contributed by atoms with van der Waals surface area (Å²) in [6, 6.07) is 4.68. The summed E-state index contributed by atoms with van der Waals surface area (Å²) in [5.74, 6) is 0.575. The highest BCUT2D eigenvalue weighted by Crippen LogP contribution is 2.20. The minimum atomic E-state index is -3.53. The second-order valence-electron chi connectivity index (χ2n) is 6.39. The first-order valence-electron chi connectivity index (χ1n) is 7.81. The number of nitrogens with zero attached hydrogens (tertiary/aromatic N) is 2. The third-order valence-electron chi connectivity index (χ3n) is 4.08. The minimum absolute atomic E-state index is 0.220. The standard InChI is InChI=1S/C15H22N4O3S/c1-11(2)10-18-5-7-19(8-6-18)23(21,22)12-3-4-13-14(9-12)17-15(20)16-13/h3-4,9,11H,5-8,10H2,1-2H3,(H2,16,17,20). The van der Waals surface area contributed by atoms with E-state index >= 15 is 0 Å². The topological polar surface area (TPSA) is 89.3 Å². The molecule has 0 spiro atoms. The van der Waals surface area contributed by atoms with Gasteiger partial charge in [0, 0.05) is 32.7 Å². The lowest BCUT2D eigenvalue weighted by Crippen LogP contribution is -2.49. The summed E-state index contributed by atoms with van der Waals surface area (Å²) in [5, 5.41) is 0. The molecule has 3 rings (SSSR count). The van der Waals surface area contributed by atoms with E-state index in [0.717, 1.165) is 19.6 Å². The van der Waals surface area contributed by atoms with Crippen LogP contribution >= 0.6 is 0 Å². The Hall–Kier alpha value is -1.64. The van der Waals surface area contributed by atoms with Crippen LogP contribution in [0.15, 0.2) is 27.9 Å². The maximum atomic E-state index is 12.8. The van der Waals surface area contributed by atoms with Crippen molar-refractivity contribution in [1.82, 2.24) is 19.2 Å². The van der Waals surface area contributed by atoms with Crippen LogP contribution in [0.25, 0.3) is 11.0 Å². The van der Waals surface area contributed by atoms with Gasteiger partial charge >= 0.3 is 5.69 Å². The smallest absolute Gasteiger partial charge is 0.306 e. The summed E-state index contributed by atoms with van der Waals surface area (Å²) in [7, 11) is -3.53. The molecule has 1 aromatic heterocycles. The molecular formula is C15H22N4O3S. The van der Waals surface area contributed by atoms with Crippen molar-refractivity contribution in [3.8, 4) is 0 Å². The maximum Gasteiger partial charge on any atom is 0.323 e. The predicted molar refractivity (Wildman–Crippen MR) is 89.0 cm³/mol. The van der Waals surface area contributed by atoms with E-state index in [0.29, 0.717) is 30.0 Å². The van der Waals surface area contributed by atoms with E-state index in [4.69, 9.17) is 0 Å². The van der Waals surface area contributed by atoms with Crippen molar-refractivity contribution in [2.45, 2.75) is 18.7 Å². The van der Waals surface area contributed by atoms with Crippen molar-refractivity contribution >= 4 is 21.1 Å². The second-order valence-corrected chi connectivity index (χ2v) is 8.32. The van der Waals surface area contributed by atoms with Gasteiger partial charge in [-0.05, 0) is 24.1 Å². The van der Waals surface area contributed by atoms with Crippen LogP contribution in [-0.2, 0) is 10.0 Å². The van der Waals surface area contributed by atoms with E-state index in [-0.39, 0.29) is 10.6 Å². The molecule has 8 heteroatoms. The average Bonchev–Trinajstić information content (AvgIpc) is 2.86. The zero-order chi connectivity index (χ0) is 16.6. The van der Waals surface area contributed by atoms with E-state index in [1.54, 1.807) is 12.1 Å². The fraction of sp³-hybridized carbons (Fsp3) is 0.533. The molecule has 7 nitrogen and oxygen atoms in total. The molecule has 2 aromatic rings. The fourth-order valence-electron chi connectivity index (χ4n) is 2.99. The third-order valence-corrected chi connectivity index (χ3v) is 5.97. The number of nitrogens with one attached hydrogen (secondary N) is 2. The van der Waals surface area contributed by atoms with Gasteiger partial charge in [0.1, 0.15) is 0 Å². The number of imidazole rings is 1. The molecule has 1 fully saturated rings. The van der Waals surface area contributed by atoms with Gasteiger partial charge in [0.2, 0.25) is 10.0 Å². The molecule has 23 heavy (non-hydrogen) atoms. The summed E-state index contributed by atoms with van der Waals surface area (Å²) < 4.78 is 27.1. The second kappa shape index (κ2) is 6.10. The van der Waals surface area contributed by atoms with Gasteiger partial charge < -0.3 is 14.9 Å². The molecule has 126 valence electrons. The number of hydrogen-bond acceptors (Lipinski definition) is 4. The Balaban J connectivity index is 1.79. The Kier molecular flexibility index (Phi) is 4.31. The van der Waals surface area contributed by atoms with E-state index in [2.05, 4.69) is 28.7 Å². The quantitative estimate of drug-likeness (QED) is 0.864. The first-order valence-corrected chi connectivity index (χ1v) is 9.25. The summed E-state index contributed by atoms with van der Waals surface area (Å²) in [6.45, 7) is 7.81. The molecule has 0 aliphatic carbocycles. The lowest BCUT2D eigenvalue weighted by Gasteiger charge is -2.34. The van der Waals surface area contributed by atoms with Crippen LogP contribution < -0.4 is 5.69 Å². The SMILES string of the molecule is CC(C)CN1CCN(S(=O)(=O)c2ccc3[nH]c(=O)[nH]c3c2)CC1. The summed E-state index contributed by atoms with van der Waals surface area (Å²) in [4.78, 5) is 19.0. The molecule has 0 unspecified atom stereocenters. The molecule has 1 aliphatic rings. The van der Waals surface area contributed by atoms with Crippen LogP contribution in [-0.4, -0.2) is 60.3 Å². The molecule has 1 aliphatic heterocycles. The van der Waals surface area contributed by atoms with Gasteiger partial charge in [-0.15, -0.1) is 0 Å². The number of H-pyrrole nitrogens is 2. The van der Waals surface area contributed by atoms with Crippen LogP contribution in [0.5, 0.6) is 0 Å². The summed E-state index contributed by atoms with van der Waals surface area (Å²) in [6.07, 6.45) is 0. The predicted octanol–water partition coefficient (Wildman–Crippen LogP) is 0.819. The first-order chi connectivity index (χ1) is 10.9. The largest absolute Gasteiger partial charge is 0.323 e. The molecule has 0 saturated carbocycles. The monoisotopic (exact) mass is 338 g/mol. The minimum Gasteiger partial charge on any atom is -0.306 e. The fourth-order valence-corrected chi connectivity index (χ4v) is 4.44. The van der Waals surface area contributed by atoms with E-state index in [1.807, 2.05) is 0 Å². The van der Waals surface area contributed by atoms with Gasteiger partial charge in [0.15, 0.2) is 0 Å². The highest BCUT2D eigenvalue weighted by molar-refractivity contribution is 7.89. The highest BCUT2D eigenvalue weighted by atomic mass is 32.2. The van der Waals surface area contributed by atoms with E-state index in [1.165, 1.54) is 10.4 Å². The molecule has 0 amide bonds. The number of benzene rings is 1. The molecular weight excluding hydrogens is 316 g/mol. The van der Waals surface area contributed by atoms with Gasteiger partial charge in [-0.25, -0.2) is 13.2 Å². The number of sulfonamides is 1. The van der Waals surface area contributed by atoms with Crippen LogP contribution in [0.2, 0.25) is 0 Å². The van der Waals surface area contributed by atoms with Gasteiger partial charge in [-0.3, -0.25) is 0 Å². The molecule has 1 saturated heterocycles. The Morgan fingerprint density at radius 3 is 2.39 bits per heavy atom. The zero-order valence-electron chi connectivity index (χ0n) is 13.4. The Labute approximate surface area is 135 Å². The number of aromatic nitrogens is 2. The Bertz CT molecular complexity index is 845. The molecule has 0 radical (unpaired) electrons. The Morgan fingerprint density at radius 1 is 1.09 bits per heavy atom. The Morgan fingerprint density at radius 2 is 1.74 bits per heavy atom. The van der Waals surface area contributed by atoms with Crippen molar-refractivity contribution in [2.75, 3.05) is 32.7 Å². The van der Waals surface area contributed by atoms with Crippen molar-refractivity contribution in [2.24, 2.45) is 5.92 Å². The van der Waals surface area contributed by atoms with Gasteiger partial charge in [-0.1, -0.05) is 13.8 Å². The molecule has 0 atom stereocenters. The number of fused-ring (bicyclic) bond motifs is 1. The van der Waals surface area contributed by atoms with Crippen molar-refractivity contribution in [3.05, 3.63) is 28.7 Å². The molecule has 1 aromatic carbocycles. The molecule has 2 heterocycles. The van der Waals surface area contributed by atoms with Crippen molar-refractivity contribution < 1.29 is 8.42 Å². The van der Waals surface area contributed by atoms with Crippen LogP contribution in [0, 0.1) is 5.92 Å². The molecule has 0 bridgehead atoms. The average molecular weight is 338 g/mol. The number of piperazine rings is 1. The van der Waals surface area contributed by atoms with E-state index in [9.17, 15) is 13.2 Å². The normalized spacial score (nSPS) is 18.0. The number of hydrogen-bond donors (Lipinski definition) is 2. The molecule has 2 N–H and O–H groups in total. The first kappa shape index (κ1) is 16.2. The van der Waals surface area contributed by atoms with Crippen molar-refractivity contribution in [3.63, 3.8) is 0 Å². The summed E-state index contributed by atoms with van der Waals surface area (Å²) >= 11 is 0. The van der Waals surface area contributed by atoms with Crippen LogP contribution in [0.4, 0.5) is 0 Å². The zero-order valence-corrected chi connectivity index (χ0v) is 14.2. The van der Waals surface area contributed by atoms with E-state index < -0.39 is 10.0 Å². The lowest BCUT2D eigenvalue weighted by molar-refractivity contribution is 0.172. The van der Waals surface area contributed by atoms with Gasteiger partial charge in [0.25, 0.3) is 0 Å². The maximum absolute atomic E-state index is 12.8. The number of rotatable bonds is 4. The summed E-state index contributed by atoms with van der Waals surface area (Å²) in [5.41, 5.74) is 0.780. The van der Waals surface area contributed by atoms with Crippen molar-refractivity contribution in [1.29, 1.82) is 0 Å². The van der Waals surface area contributed by atoms with Crippen LogP contribution in [0.3, 0.4) is 0 Å². The third kappa shape index (κ3) is 3.34.